The van der Waals surface area contributed by atoms with Gasteiger partial charge in [0.1, 0.15) is 0 Å². The molecule has 18 heavy (non-hydrogen) atoms. The van der Waals surface area contributed by atoms with Gasteiger partial charge in [0.15, 0.2) is 0 Å². The van der Waals surface area contributed by atoms with Crippen LogP contribution in [0.4, 0.5) is 11.4 Å². The smallest absolute Gasteiger partial charge is 0.257 e. The maximum Gasteiger partial charge on any atom is 0.257 e. The summed E-state index contributed by atoms with van der Waals surface area (Å²) in [5, 5.41) is 10.0. The molecular formula is C14H16N2OS. The molecule has 0 aliphatic heterocycles. The van der Waals surface area contributed by atoms with Gasteiger partial charge in [-0.15, -0.1) is 0 Å². The van der Waals surface area contributed by atoms with Crippen LogP contribution in [0.2, 0.25) is 0 Å². The third-order valence-corrected chi connectivity index (χ3v) is 3.08. The van der Waals surface area contributed by atoms with Crippen LogP contribution in [-0.4, -0.2) is 11.9 Å². The Balaban J connectivity index is 2.19. The molecule has 94 valence electrons. The third-order valence-electron chi connectivity index (χ3n) is 2.39. The van der Waals surface area contributed by atoms with E-state index in [-0.39, 0.29) is 5.91 Å². The van der Waals surface area contributed by atoms with Crippen molar-refractivity contribution in [3.8, 4) is 0 Å². The quantitative estimate of drug-likeness (QED) is 0.877. The summed E-state index contributed by atoms with van der Waals surface area (Å²) in [6.07, 6.45) is 0. The summed E-state index contributed by atoms with van der Waals surface area (Å²) in [5.41, 5.74) is 2.36. The van der Waals surface area contributed by atoms with Crippen LogP contribution in [0.3, 0.4) is 0 Å². The molecule has 0 atom stereocenters. The number of carbonyl (C=O) groups excluding carboxylic acids is 1. The fraction of sp³-hybridized carbons (Fsp3) is 0.214. The minimum absolute atomic E-state index is 0.0860. The monoisotopic (exact) mass is 260 g/mol. The zero-order chi connectivity index (χ0) is 13.0. The first-order chi connectivity index (χ1) is 8.66. The Hall–Kier alpha value is -1.81. The van der Waals surface area contributed by atoms with Crippen LogP contribution in [-0.2, 0) is 0 Å². The molecule has 1 aromatic carbocycles. The fourth-order valence-electron chi connectivity index (χ4n) is 1.65. The van der Waals surface area contributed by atoms with Gasteiger partial charge in [-0.05, 0) is 37.4 Å². The van der Waals surface area contributed by atoms with Gasteiger partial charge in [0.25, 0.3) is 5.91 Å². The molecule has 2 aromatic rings. The summed E-state index contributed by atoms with van der Waals surface area (Å²) >= 11 is 1.56. The number of para-hydroxylation sites is 1. The predicted molar refractivity (Wildman–Crippen MR) is 77.5 cm³/mol. The molecule has 0 fully saturated rings. The lowest BCUT2D eigenvalue weighted by atomic mass is 10.1. The third kappa shape index (κ3) is 3.11. The largest absolute Gasteiger partial charge is 0.382 e. The highest BCUT2D eigenvalue weighted by molar-refractivity contribution is 7.08. The Morgan fingerprint density at radius 3 is 2.67 bits per heavy atom. The van der Waals surface area contributed by atoms with Crippen molar-refractivity contribution in [2.75, 3.05) is 10.6 Å². The Morgan fingerprint density at radius 2 is 2.00 bits per heavy atom. The molecule has 0 radical (unpaired) electrons. The molecule has 1 amide bonds. The van der Waals surface area contributed by atoms with Gasteiger partial charge in [0, 0.05) is 17.1 Å². The number of nitrogens with one attached hydrogen (secondary N) is 2. The highest BCUT2D eigenvalue weighted by Gasteiger charge is 2.11. The number of rotatable bonds is 4. The first-order valence-electron chi connectivity index (χ1n) is 5.86. The highest BCUT2D eigenvalue weighted by Crippen LogP contribution is 2.19. The molecule has 1 heterocycles. The van der Waals surface area contributed by atoms with Crippen molar-refractivity contribution >= 4 is 28.6 Å². The van der Waals surface area contributed by atoms with Crippen LogP contribution in [0.1, 0.15) is 24.2 Å². The van der Waals surface area contributed by atoms with E-state index < -0.39 is 0 Å². The molecule has 0 bridgehead atoms. The number of carbonyl (C=O) groups is 1. The molecule has 0 saturated carbocycles. The van der Waals surface area contributed by atoms with Crippen molar-refractivity contribution in [1.82, 2.24) is 0 Å². The van der Waals surface area contributed by atoms with Crippen LogP contribution in [0.15, 0.2) is 41.1 Å². The molecule has 4 heteroatoms. The van der Waals surface area contributed by atoms with E-state index in [1.807, 2.05) is 54.9 Å². The van der Waals surface area contributed by atoms with E-state index in [0.29, 0.717) is 11.6 Å². The standard InChI is InChI=1S/C14H16N2OS/c1-10(2)15-13-6-4-3-5-12(13)14(17)16-11-7-8-18-9-11/h3-10,15H,1-2H3,(H,16,17). The minimum Gasteiger partial charge on any atom is -0.382 e. The van der Waals surface area contributed by atoms with E-state index in [1.165, 1.54) is 0 Å². The number of anilines is 2. The Morgan fingerprint density at radius 1 is 1.22 bits per heavy atom. The van der Waals surface area contributed by atoms with Gasteiger partial charge in [-0.3, -0.25) is 4.79 Å². The molecule has 0 saturated heterocycles. The summed E-state index contributed by atoms with van der Waals surface area (Å²) in [4.78, 5) is 12.2. The van der Waals surface area contributed by atoms with Gasteiger partial charge in [-0.1, -0.05) is 12.1 Å². The first kappa shape index (κ1) is 12.6. The zero-order valence-electron chi connectivity index (χ0n) is 10.4. The number of hydrogen-bond donors (Lipinski definition) is 2. The maximum absolute atomic E-state index is 12.2. The van der Waals surface area contributed by atoms with Crippen LogP contribution < -0.4 is 10.6 Å². The molecule has 3 nitrogen and oxygen atoms in total. The average Bonchev–Trinajstić information content (AvgIpc) is 2.81. The molecule has 0 unspecified atom stereocenters. The normalized spacial score (nSPS) is 10.4. The number of hydrogen-bond acceptors (Lipinski definition) is 3. The summed E-state index contributed by atoms with van der Waals surface area (Å²) < 4.78 is 0. The van der Waals surface area contributed by atoms with Crippen molar-refractivity contribution in [3.63, 3.8) is 0 Å². The average molecular weight is 260 g/mol. The van der Waals surface area contributed by atoms with Gasteiger partial charge in [-0.25, -0.2) is 0 Å². The topological polar surface area (TPSA) is 41.1 Å². The van der Waals surface area contributed by atoms with Gasteiger partial charge in [0.2, 0.25) is 0 Å². The van der Waals surface area contributed by atoms with Gasteiger partial charge in [0.05, 0.1) is 11.3 Å². The second-order valence-electron chi connectivity index (χ2n) is 4.31. The van der Waals surface area contributed by atoms with Gasteiger partial charge in [-0.2, -0.15) is 11.3 Å². The van der Waals surface area contributed by atoms with Crippen LogP contribution in [0, 0.1) is 0 Å². The van der Waals surface area contributed by atoms with E-state index >= 15 is 0 Å². The molecule has 0 aliphatic carbocycles. The second-order valence-corrected chi connectivity index (χ2v) is 5.09. The lowest BCUT2D eigenvalue weighted by Gasteiger charge is -2.14. The summed E-state index contributed by atoms with van der Waals surface area (Å²) in [7, 11) is 0. The molecular weight excluding hydrogens is 244 g/mol. The molecule has 0 aliphatic rings. The molecule has 0 spiro atoms. The van der Waals surface area contributed by atoms with Crippen molar-refractivity contribution in [2.24, 2.45) is 0 Å². The van der Waals surface area contributed by atoms with Gasteiger partial charge < -0.3 is 10.6 Å². The Bertz CT molecular complexity index is 520. The summed E-state index contributed by atoms with van der Waals surface area (Å²) in [6.45, 7) is 4.10. The van der Waals surface area contributed by atoms with E-state index in [4.69, 9.17) is 0 Å². The minimum atomic E-state index is -0.0860. The van der Waals surface area contributed by atoms with Crippen molar-refractivity contribution in [3.05, 3.63) is 46.7 Å². The molecule has 2 rings (SSSR count). The fourth-order valence-corrected chi connectivity index (χ4v) is 2.24. The number of benzene rings is 1. The van der Waals surface area contributed by atoms with E-state index in [1.54, 1.807) is 11.3 Å². The maximum atomic E-state index is 12.2. The van der Waals surface area contributed by atoms with Crippen molar-refractivity contribution in [1.29, 1.82) is 0 Å². The van der Waals surface area contributed by atoms with E-state index in [9.17, 15) is 4.79 Å². The Labute approximate surface area is 111 Å². The highest BCUT2D eigenvalue weighted by atomic mass is 32.1. The predicted octanol–water partition coefficient (Wildman–Crippen LogP) is 3.82. The zero-order valence-corrected chi connectivity index (χ0v) is 11.3. The van der Waals surface area contributed by atoms with Crippen molar-refractivity contribution in [2.45, 2.75) is 19.9 Å². The second kappa shape index (κ2) is 5.69. The molecule has 1 aromatic heterocycles. The van der Waals surface area contributed by atoms with Crippen LogP contribution in [0.25, 0.3) is 0 Å². The van der Waals surface area contributed by atoms with Crippen LogP contribution in [0.5, 0.6) is 0 Å². The van der Waals surface area contributed by atoms with Gasteiger partial charge >= 0.3 is 0 Å². The molecule has 2 N–H and O–H groups in total. The van der Waals surface area contributed by atoms with Crippen molar-refractivity contribution < 1.29 is 4.79 Å². The summed E-state index contributed by atoms with van der Waals surface area (Å²) in [5.74, 6) is -0.0860. The van der Waals surface area contributed by atoms with E-state index in [2.05, 4.69) is 10.6 Å². The number of thiophene rings is 1. The van der Waals surface area contributed by atoms with E-state index in [0.717, 1.165) is 11.4 Å². The SMILES string of the molecule is CC(C)Nc1ccccc1C(=O)Nc1ccsc1. The summed E-state index contributed by atoms with van der Waals surface area (Å²) in [6, 6.07) is 9.72. The lowest BCUT2D eigenvalue weighted by Crippen LogP contribution is -2.17. The lowest BCUT2D eigenvalue weighted by molar-refractivity contribution is 0.102. The first-order valence-corrected chi connectivity index (χ1v) is 6.80. The Kier molecular flexibility index (Phi) is 3.99. The number of amides is 1. The van der Waals surface area contributed by atoms with Crippen LogP contribution >= 0.6 is 11.3 Å².